The van der Waals surface area contributed by atoms with Crippen LogP contribution in [0.3, 0.4) is 0 Å². The van der Waals surface area contributed by atoms with Gasteiger partial charge in [0, 0.05) is 29.4 Å². The molecule has 0 saturated heterocycles. The molecule has 0 bridgehead atoms. The zero-order chi connectivity index (χ0) is 19.3. The van der Waals surface area contributed by atoms with Crippen LogP contribution >= 0.6 is 11.3 Å². The SMILES string of the molecule is CN=C(NCc1sc(C)nc1C)NCC1(c2ccccc2OC)CCCC1. The van der Waals surface area contributed by atoms with Crippen LogP contribution in [-0.2, 0) is 12.0 Å². The van der Waals surface area contributed by atoms with E-state index in [-0.39, 0.29) is 5.41 Å². The van der Waals surface area contributed by atoms with Crippen molar-refractivity contribution in [3.05, 3.63) is 45.4 Å². The maximum Gasteiger partial charge on any atom is 0.191 e. The van der Waals surface area contributed by atoms with Gasteiger partial charge in [-0.05, 0) is 32.8 Å². The molecule has 27 heavy (non-hydrogen) atoms. The van der Waals surface area contributed by atoms with Gasteiger partial charge in [-0.1, -0.05) is 31.0 Å². The summed E-state index contributed by atoms with van der Waals surface area (Å²) >= 11 is 1.74. The van der Waals surface area contributed by atoms with Crippen LogP contribution in [-0.4, -0.2) is 31.6 Å². The summed E-state index contributed by atoms with van der Waals surface area (Å²) in [7, 11) is 3.58. The molecular weight excluding hydrogens is 356 g/mol. The molecule has 1 aliphatic rings. The first kappa shape index (κ1) is 19.7. The normalized spacial score (nSPS) is 16.4. The van der Waals surface area contributed by atoms with Gasteiger partial charge in [-0.2, -0.15) is 0 Å². The molecule has 1 aliphatic carbocycles. The first-order valence-corrected chi connectivity index (χ1v) is 10.4. The second-order valence-corrected chi connectivity index (χ2v) is 8.50. The Morgan fingerprint density at radius 2 is 1.96 bits per heavy atom. The molecule has 1 aromatic heterocycles. The van der Waals surface area contributed by atoms with E-state index in [9.17, 15) is 0 Å². The second kappa shape index (κ2) is 8.74. The molecule has 2 N–H and O–H groups in total. The van der Waals surface area contributed by atoms with E-state index in [4.69, 9.17) is 4.74 Å². The van der Waals surface area contributed by atoms with Crippen molar-refractivity contribution in [2.24, 2.45) is 4.99 Å². The highest BCUT2D eigenvalue weighted by molar-refractivity contribution is 7.11. The summed E-state index contributed by atoms with van der Waals surface area (Å²) in [5.74, 6) is 1.82. The fourth-order valence-corrected chi connectivity index (χ4v) is 4.93. The molecule has 2 aromatic rings. The molecule has 1 heterocycles. The van der Waals surface area contributed by atoms with Gasteiger partial charge >= 0.3 is 0 Å². The number of aryl methyl sites for hydroxylation is 2. The highest BCUT2D eigenvalue weighted by Gasteiger charge is 2.37. The average molecular weight is 387 g/mol. The van der Waals surface area contributed by atoms with Gasteiger partial charge in [0.2, 0.25) is 0 Å². The summed E-state index contributed by atoms with van der Waals surface area (Å²) in [5.41, 5.74) is 2.50. The van der Waals surface area contributed by atoms with Crippen molar-refractivity contribution in [3.8, 4) is 5.75 Å². The lowest BCUT2D eigenvalue weighted by molar-refractivity contribution is 0.371. The standard InChI is InChI=1S/C21H30N4OS/c1-15-19(27-16(2)25-15)13-23-20(22-3)24-14-21(11-7-8-12-21)17-9-5-6-10-18(17)26-4/h5-6,9-10H,7-8,11-14H2,1-4H3,(H2,22,23,24). The number of nitrogens with one attached hydrogen (secondary N) is 2. The van der Waals surface area contributed by atoms with Crippen molar-refractivity contribution in [2.45, 2.75) is 51.5 Å². The smallest absolute Gasteiger partial charge is 0.191 e. The number of hydrogen-bond donors (Lipinski definition) is 2. The quantitative estimate of drug-likeness (QED) is 0.583. The Bertz CT molecular complexity index is 793. The second-order valence-electron chi connectivity index (χ2n) is 7.21. The Morgan fingerprint density at radius 3 is 2.59 bits per heavy atom. The number of nitrogens with zero attached hydrogens (tertiary/aromatic N) is 2. The minimum atomic E-state index is 0.0984. The molecule has 0 spiro atoms. The molecule has 5 nitrogen and oxygen atoms in total. The van der Waals surface area contributed by atoms with Gasteiger partial charge < -0.3 is 15.4 Å². The van der Waals surface area contributed by atoms with Crippen molar-refractivity contribution in [1.82, 2.24) is 15.6 Å². The predicted octanol–water partition coefficient (Wildman–Crippen LogP) is 3.95. The minimum Gasteiger partial charge on any atom is -0.496 e. The third-order valence-electron chi connectivity index (χ3n) is 5.47. The van der Waals surface area contributed by atoms with E-state index in [2.05, 4.69) is 45.7 Å². The van der Waals surface area contributed by atoms with Crippen LogP contribution in [0.2, 0.25) is 0 Å². The molecule has 0 aliphatic heterocycles. The molecule has 1 fully saturated rings. The Kier molecular flexibility index (Phi) is 6.37. The van der Waals surface area contributed by atoms with Crippen LogP contribution in [0.25, 0.3) is 0 Å². The summed E-state index contributed by atoms with van der Waals surface area (Å²) in [6.45, 7) is 5.71. The maximum atomic E-state index is 5.66. The van der Waals surface area contributed by atoms with Crippen LogP contribution < -0.4 is 15.4 Å². The van der Waals surface area contributed by atoms with Crippen LogP contribution in [0.15, 0.2) is 29.3 Å². The van der Waals surface area contributed by atoms with E-state index in [1.165, 1.54) is 36.1 Å². The van der Waals surface area contributed by atoms with Crippen molar-refractivity contribution in [3.63, 3.8) is 0 Å². The number of thiazole rings is 1. The van der Waals surface area contributed by atoms with Crippen molar-refractivity contribution < 1.29 is 4.74 Å². The minimum absolute atomic E-state index is 0.0984. The molecule has 1 aromatic carbocycles. The van der Waals surface area contributed by atoms with E-state index in [0.717, 1.165) is 35.5 Å². The first-order valence-electron chi connectivity index (χ1n) is 9.59. The molecule has 146 valence electrons. The van der Waals surface area contributed by atoms with Gasteiger partial charge in [-0.15, -0.1) is 11.3 Å². The molecule has 0 unspecified atom stereocenters. The van der Waals surface area contributed by atoms with Crippen molar-refractivity contribution in [1.29, 1.82) is 0 Å². The number of aromatic nitrogens is 1. The molecule has 0 amide bonds. The first-order chi connectivity index (χ1) is 13.1. The maximum absolute atomic E-state index is 5.66. The Hall–Kier alpha value is -2.08. The Labute approximate surface area is 166 Å². The lowest BCUT2D eigenvalue weighted by Crippen LogP contribution is -2.44. The van der Waals surface area contributed by atoms with E-state index in [0.29, 0.717) is 0 Å². The lowest BCUT2D eigenvalue weighted by Gasteiger charge is -2.32. The average Bonchev–Trinajstić information content (AvgIpc) is 3.28. The number of rotatable bonds is 6. The number of guanidine groups is 1. The van der Waals surface area contributed by atoms with Gasteiger partial charge in [-0.25, -0.2) is 4.98 Å². The van der Waals surface area contributed by atoms with Gasteiger partial charge in [0.1, 0.15) is 5.75 Å². The monoisotopic (exact) mass is 386 g/mol. The number of para-hydroxylation sites is 1. The molecule has 0 atom stereocenters. The van der Waals surface area contributed by atoms with Gasteiger partial charge in [-0.3, -0.25) is 4.99 Å². The van der Waals surface area contributed by atoms with Crippen molar-refractivity contribution >= 4 is 17.3 Å². The van der Waals surface area contributed by atoms with Gasteiger partial charge in [0.15, 0.2) is 5.96 Å². The van der Waals surface area contributed by atoms with Crippen LogP contribution in [0.4, 0.5) is 0 Å². The van der Waals surface area contributed by atoms with Gasteiger partial charge in [0.05, 0.1) is 24.4 Å². The zero-order valence-electron chi connectivity index (χ0n) is 16.8. The summed E-state index contributed by atoms with van der Waals surface area (Å²) in [6, 6.07) is 8.43. The van der Waals surface area contributed by atoms with Crippen LogP contribution in [0.1, 0.15) is 46.8 Å². The summed E-state index contributed by atoms with van der Waals surface area (Å²) < 4.78 is 5.66. The molecule has 0 radical (unpaired) electrons. The third-order valence-corrected chi connectivity index (χ3v) is 6.55. The number of benzene rings is 1. The van der Waals surface area contributed by atoms with E-state index in [1.807, 2.05) is 20.0 Å². The highest BCUT2D eigenvalue weighted by atomic mass is 32.1. The summed E-state index contributed by atoms with van der Waals surface area (Å²) in [5, 5.41) is 8.11. The largest absolute Gasteiger partial charge is 0.496 e. The number of ether oxygens (including phenoxy) is 1. The van der Waals surface area contributed by atoms with Crippen LogP contribution in [0, 0.1) is 13.8 Å². The fourth-order valence-electron chi connectivity index (χ4n) is 4.05. The molecule has 3 rings (SSSR count). The van der Waals surface area contributed by atoms with Crippen LogP contribution in [0.5, 0.6) is 5.75 Å². The van der Waals surface area contributed by atoms with E-state index < -0.39 is 0 Å². The lowest BCUT2D eigenvalue weighted by atomic mass is 9.78. The summed E-state index contributed by atoms with van der Waals surface area (Å²) in [4.78, 5) is 10.2. The van der Waals surface area contributed by atoms with E-state index >= 15 is 0 Å². The number of methoxy groups -OCH3 is 1. The molecule has 6 heteroatoms. The van der Waals surface area contributed by atoms with Crippen molar-refractivity contribution in [2.75, 3.05) is 20.7 Å². The Balaban J connectivity index is 1.69. The highest BCUT2D eigenvalue weighted by Crippen LogP contribution is 2.44. The Morgan fingerprint density at radius 1 is 1.22 bits per heavy atom. The number of hydrogen-bond acceptors (Lipinski definition) is 4. The summed E-state index contributed by atoms with van der Waals surface area (Å²) in [6.07, 6.45) is 4.85. The predicted molar refractivity (Wildman–Crippen MR) is 113 cm³/mol. The molecule has 1 saturated carbocycles. The molecular formula is C21H30N4OS. The third kappa shape index (κ3) is 4.43. The van der Waals surface area contributed by atoms with Gasteiger partial charge in [0.25, 0.3) is 0 Å². The van der Waals surface area contributed by atoms with E-state index in [1.54, 1.807) is 18.4 Å². The number of aliphatic imine (C=N–C) groups is 1. The fraction of sp³-hybridized carbons (Fsp3) is 0.524. The topological polar surface area (TPSA) is 58.5 Å². The zero-order valence-corrected chi connectivity index (χ0v) is 17.6.